The van der Waals surface area contributed by atoms with Gasteiger partial charge in [0.15, 0.2) is 0 Å². The van der Waals surface area contributed by atoms with Crippen LogP contribution in [0.2, 0.25) is 0 Å². The highest BCUT2D eigenvalue weighted by Crippen LogP contribution is 2.66. The van der Waals surface area contributed by atoms with Crippen LogP contribution < -0.4 is 4.90 Å². The first-order valence-electron chi connectivity index (χ1n) is 18.1. The summed E-state index contributed by atoms with van der Waals surface area (Å²) in [5.74, 6) is 0. The standard InChI is InChI=1S/C51H33N/c1-2-13-34(14-3-1)36-25-29-39(30-26-36)52(40-31-27-35-15-4-5-17-38(35)33-40)48-24-12-21-44-49-41-18-7-6-16-37(41)28-32-47(49)51(50(44)48)45-22-10-8-19-42(45)43-20-9-11-23-46(43)51/h1-33H. The van der Waals surface area contributed by atoms with Crippen LogP contribution in [0.15, 0.2) is 200 Å². The van der Waals surface area contributed by atoms with E-state index in [0.29, 0.717) is 0 Å². The van der Waals surface area contributed by atoms with E-state index >= 15 is 0 Å². The molecule has 9 aromatic rings. The first-order valence-corrected chi connectivity index (χ1v) is 18.1. The molecule has 2 aliphatic rings. The minimum Gasteiger partial charge on any atom is -0.310 e. The molecule has 1 heteroatoms. The monoisotopic (exact) mass is 659 g/mol. The number of fused-ring (bicyclic) bond motifs is 13. The third kappa shape index (κ3) is 3.99. The lowest BCUT2D eigenvalue weighted by atomic mass is 9.69. The van der Waals surface area contributed by atoms with Crippen LogP contribution in [0, 0.1) is 0 Å². The highest BCUT2D eigenvalue weighted by Gasteiger charge is 2.53. The van der Waals surface area contributed by atoms with Crippen molar-refractivity contribution in [2.45, 2.75) is 5.41 Å². The van der Waals surface area contributed by atoms with Gasteiger partial charge >= 0.3 is 0 Å². The van der Waals surface area contributed by atoms with Gasteiger partial charge in [0.25, 0.3) is 0 Å². The zero-order valence-corrected chi connectivity index (χ0v) is 28.5. The van der Waals surface area contributed by atoms with E-state index in [0.717, 1.165) is 11.4 Å². The highest BCUT2D eigenvalue weighted by atomic mass is 15.1. The number of nitrogens with zero attached hydrogens (tertiary/aromatic N) is 1. The van der Waals surface area contributed by atoms with E-state index in [-0.39, 0.29) is 0 Å². The van der Waals surface area contributed by atoms with Gasteiger partial charge in [-0.25, -0.2) is 0 Å². The maximum atomic E-state index is 2.50. The molecule has 0 fully saturated rings. The summed E-state index contributed by atoms with van der Waals surface area (Å²) in [6.45, 7) is 0. The zero-order chi connectivity index (χ0) is 34.2. The van der Waals surface area contributed by atoms with Crippen LogP contribution in [-0.4, -0.2) is 0 Å². The molecule has 0 radical (unpaired) electrons. The van der Waals surface area contributed by atoms with Crippen molar-refractivity contribution in [1.82, 2.24) is 0 Å². The molecule has 1 spiro atoms. The molecular formula is C51H33N. The first-order chi connectivity index (χ1) is 25.8. The average Bonchev–Trinajstić information content (AvgIpc) is 3.69. The molecule has 242 valence electrons. The van der Waals surface area contributed by atoms with Crippen LogP contribution in [0.1, 0.15) is 22.3 Å². The van der Waals surface area contributed by atoms with Gasteiger partial charge in [-0.1, -0.05) is 170 Å². The second kappa shape index (κ2) is 11.2. The molecule has 0 aliphatic heterocycles. The summed E-state index contributed by atoms with van der Waals surface area (Å²) < 4.78 is 0. The number of hydrogen-bond acceptors (Lipinski definition) is 1. The van der Waals surface area contributed by atoms with E-state index in [2.05, 4.69) is 205 Å². The van der Waals surface area contributed by atoms with Gasteiger partial charge in [-0.15, -0.1) is 0 Å². The Morgan fingerprint density at radius 2 is 0.923 bits per heavy atom. The fraction of sp³-hybridized carbons (Fsp3) is 0.0196. The average molecular weight is 660 g/mol. The smallest absolute Gasteiger partial charge is 0.0746 e. The minimum atomic E-state index is -0.502. The normalized spacial score (nSPS) is 13.2. The molecule has 52 heavy (non-hydrogen) atoms. The highest BCUT2D eigenvalue weighted by molar-refractivity contribution is 6.08. The molecule has 0 unspecified atom stereocenters. The van der Waals surface area contributed by atoms with Gasteiger partial charge in [-0.05, 0) is 102 Å². The van der Waals surface area contributed by atoms with Crippen LogP contribution >= 0.6 is 0 Å². The van der Waals surface area contributed by atoms with Crippen molar-refractivity contribution in [3.8, 4) is 33.4 Å². The van der Waals surface area contributed by atoms with Gasteiger partial charge in [-0.2, -0.15) is 0 Å². The van der Waals surface area contributed by atoms with Crippen LogP contribution in [0.5, 0.6) is 0 Å². The van der Waals surface area contributed by atoms with E-state index in [4.69, 9.17) is 0 Å². The molecule has 0 N–H and O–H groups in total. The molecular weight excluding hydrogens is 627 g/mol. The molecule has 0 aromatic heterocycles. The molecule has 1 nitrogen and oxygen atoms in total. The quantitative estimate of drug-likeness (QED) is 0.182. The van der Waals surface area contributed by atoms with E-state index in [9.17, 15) is 0 Å². The topological polar surface area (TPSA) is 3.24 Å². The van der Waals surface area contributed by atoms with Crippen LogP contribution in [0.25, 0.3) is 54.9 Å². The largest absolute Gasteiger partial charge is 0.310 e. The zero-order valence-electron chi connectivity index (χ0n) is 28.5. The Bertz CT molecular complexity index is 2800. The predicted octanol–water partition coefficient (Wildman–Crippen LogP) is 13.5. The van der Waals surface area contributed by atoms with Crippen molar-refractivity contribution in [2.75, 3.05) is 4.90 Å². The number of benzene rings is 9. The molecule has 0 saturated heterocycles. The van der Waals surface area contributed by atoms with Crippen molar-refractivity contribution in [3.05, 3.63) is 222 Å². The summed E-state index contributed by atoms with van der Waals surface area (Å²) in [4.78, 5) is 2.50. The molecule has 0 atom stereocenters. The summed E-state index contributed by atoms with van der Waals surface area (Å²) in [5, 5.41) is 5.01. The first kappa shape index (κ1) is 29.1. The van der Waals surface area contributed by atoms with Gasteiger partial charge in [0, 0.05) is 16.9 Å². The Morgan fingerprint density at radius 1 is 0.346 bits per heavy atom. The molecule has 0 amide bonds. The van der Waals surface area contributed by atoms with Crippen LogP contribution in [0.3, 0.4) is 0 Å². The predicted molar refractivity (Wildman–Crippen MR) is 218 cm³/mol. The molecule has 0 bridgehead atoms. The summed E-state index contributed by atoms with van der Waals surface area (Å²) in [7, 11) is 0. The van der Waals surface area contributed by atoms with Gasteiger partial charge in [0.05, 0.1) is 11.1 Å². The maximum absolute atomic E-state index is 2.50. The Labute approximate surface area is 303 Å². The summed E-state index contributed by atoms with van der Waals surface area (Å²) in [5.41, 5.74) is 16.0. The Balaban J connectivity index is 1.26. The SMILES string of the molecule is c1ccc(-c2ccc(N(c3ccc4ccccc4c3)c3cccc4c3C3(c5ccccc5-c5ccccc53)c3ccc5ccccc5c3-4)cc2)cc1. The Hall–Kier alpha value is -6.70. The van der Waals surface area contributed by atoms with Gasteiger partial charge in [0.1, 0.15) is 0 Å². The van der Waals surface area contributed by atoms with Crippen molar-refractivity contribution < 1.29 is 0 Å². The Morgan fingerprint density at radius 3 is 1.69 bits per heavy atom. The third-order valence-electron chi connectivity index (χ3n) is 11.4. The number of rotatable bonds is 4. The lowest BCUT2D eigenvalue weighted by molar-refractivity contribution is 0.793. The lowest BCUT2D eigenvalue weighted by Crippen LogP contribution is -2.28. The molecule has 9 aromatic carbocycles. The Kier molecular flexibility index (Phi) is 6.23. The van der Waals surface area contributed by atoms with E-state index in [1.165, 1.54) is 82.9 Å². The molecule has 0 heterocycles. The number of anilines is 3. The van der Waals surface area contributed by atoms with Crippen LogP contribution in [-0.2, 0) is 5.41 Å². The fourth-order valence-corrected chi connectivity index (χ4v) is 9.31. The van der Waals surface area contributed by atoms with Crippen molar-refractivity contribution in [1.29, 1.82) is 0 Å². The molecule has 11 rings (SSSR count). The van der Waals surface area contributed by atoms with Gasteiger partial charge in [-0.3, -0.25) is 0 Å². The lowest BCUT2D eigenvalue weighted by Gasteiger charge is -2.36. The van der Waals surface area contributed by atoms with Crippen molar-refractivity contribution >= 4 is 38.6 Å². The maximum Gasteiger partial charge on any atom is 0.0746 e. The minimum absolute atomic E-state index is 0.502. The van der Waals surface area contributed by atoms with E-state index < -0.39 is 5.41 Å². The van der Waals surface area contributed by atoms with E-state index in [1.807, 2.05) is 0 Å². The molecule has 2 aliphatic carbocycles. The number of hydrogen-bond donors (Lipinski definition) is 0. The second-order valence-corrected chi connectivity index (χ2v) is 14.0. The van der Waals surface area contributed by atoms with Crippen molar-refractivity contribution in [3.63, 3.8) is 0 Å². The fourth-order valence-electron chi connectivity index (χ4n) is 9.31. The van der Waals surface area contributed by atoms with Gasteiger partial charge < -0.3 is 4.90 Å². The van der Waals surface area contributed by atoms with Gasteiger partial charge in [0.2, 0.25) is 0 Å². The third-order valence-corrected chi connectivity index (χ3v) is 11.4. The van der Waals surface area contributed by atoms with E-state index in [1.54, 1.807) is 0 Å². The summed E-state index contributed by atoms with van der Waals surface area (Å²) in [6, 6.07) is 74.1. The summed E-state index contributed by atoms with van der Waals surface area (Å²) in [6.07, 6.45) is 0. The second-order valence-electron chi connectivity index (χ2n) is 14.0. The molecule has 0 saturated carbocycles. The van der Waals surface area contributed by atoms with Crippen molar-refractivity contribution in [2.24, 2.45) is 0 Å². The van der Waals surface area contributed by atoms with Crippen LogP contribution in [0.4, 0.5) is 17.1 Å². The summed E-state index contributed by atoms with van der Waals surface area (Å²) >= 11 is 0.